The molecule has 1 aromatic heterocycles. The molecule has 0 bridgehead atoms. The summed E-state index contributed by atoms with van der Waals surface area (Å²) in [6.45, 7) is 1.21. The molecule has 1 atom stereocenters. The van der Waals surface area contributed by atoms with Gasteiger partial charge in [-0.15, -0.1) is 11.3 Å². The topological polar surface area (TPSA) is 72.3 Å². The van der Waals surface area contributed by atoms with Crippen molar-refractivity contribution in [2.24, 2.45) is 11.5 Å². The first kappa shape index (κ1) is 13.6. The SMILES string of the molecule is CN(Cc1csc(Br)c1)C(CN)CC(N)=O. The van der Waals surface area contributed by atoms with Gasteiger partial charge in [0.05, 0.1) is 3.79 Å². The Morgan fingerprint density at radius 3 is 2.81 bits per heavy atom. The maximum atomic E-state index is 10.9. The van der Waals surface area contributed by atoms with Gasteiger partial charge in [0, 0.05) is 25.6 Å². The van der Waals surface area contributed by atoms with Gasteiger partial charge in [0.15, 0.2) is 0 Å². The van der Waals surface area contributed by atoms with Crippen molar-refractivity contribution in [2.75, 3.05) is 13.6 Å². The van der Waals surface area contributed by atoms with Gasteiger partial charge in [-0.2, -0.15) is 0 Å². The van der Waals surface area contributed by atoms with Crippen molar-refractivity contribution in [3.05, 3.63) is 20.8 Å². The number of hydrogen-bond donors (Lipinski definition) is 2. The van der Waals surface area contributed by atoms with Crippen molar-refractivity contribution in [1.82, 2.24) is 4.90 Å². The van der Waals surface area contributed by atoms with E-state index in [1.165, 1.54) is 5.56 Å². The van der Waals surface area contributed by atoms with Gasteiger partial charge in [-0.25, -0.2) is 0 Å². The minimum Gasteiger partial charge on any atom is -0.370 e. The highest BCUT2D eigenvalue weighted by atomic mass is 79.9. The standard InChI is InChI=1S/C10H16BrN3OS/c1-14(8(4-12)3-10(13)15)5-7-2-9(11)16-6-7/h2,6,8H,3-5,12H2,1H3,(H2,13,15). The van der Waals surface area contributed by atoms with Crippen LogP contribution in [0.25, 0.3) is 0 Å². The van der Waals surface area contributed by atoms with Crippen LogP contribution in [-0.2, 0) is 11.3 Å². The van der Waals surface area contributed by atoms with E-state index in [1.807, 2.05) is 7.05 Å². The number of thiophene rings is 1. The molecule has 0 saturated carbocycles. The molecule has 0 saturated heterocycles. The van der Waals surface area contributed by atoms with Gasteiger partial charge < -0.3 is 11.5 Å². The Labute approximate surface area is 108 Å². The van der Waals surface area contributed by atoms with Crippen molar-refractivity contribution in [3.8, 4) is 0 Å². The number of nitrogens with zero attached hydrogens (tertiary/aromatic N) is 1. The van der Waals surface area contributed by atoms with Crippen LogP contribution in [0.4, 0.5) is 0 Å². The molecular weight excluding hydrogens is 290 g/mol. The lowest BCUT2D eigenvalue weighted by Gasteiger charge is -2.25. The second-order valence-electron chi connectivity index (χ2n) is 3.73. The summed E-state index contributed by atoms with van der Waals surface area (Å²) in [6.07, 6.45) is 0.304. The van der Waals surface area contributed by atoms with Gasteiger partial charge in [-0.1, -0.05) is 0 Å². The second-order valence-corrected chi connectivity index (χ2v) is 6.02. The smallest absolute Gasteiger partial charge is 0.219 e. The van der Waals surface area contributed by atoms with Crippen molar-refractivity contribution in [1.29, 1.82) is 0 Å². The van der Waals surface area contributed by atoms with E-state index >= 15 is 0 Å². The summed E-state index contributed by atoms with van der Waals surface area (Å²) in [5.41, 5.74) is 12.0. The maximum absolute atomic E-state index is 10.9. The lowest BCUT2D eigenvalue weighted by atomic mass is 10.1. The minimum atomic E-state index is -0.311. The molecule has 0 fully saturated rings. The summed E-state index contributed by atoms with van der Waals surface area (Å²) < 4.78 is 1.11. The lowest BCUT2D eigenvalue weighted by Crippen LogP contribution is -2.40. The molecule has 0 aliphatic rings. The normalized spacial score (nSPS) is 13.0. The first-order valence-electron chi connectivity index (χ1n) is 4.94. The summed E-state index contributed by atoms with van der Waals surface area (Å²) in [5.74, 6) is -0.311. The number of likely N-dealkylation sites (N-methyl/N-ethyl adjacent to an activating group) is 1. The highest BCUT2D eigenvalue weighted by molar-refractivity contribution is 9.11. The molecule has 1 rings (SSSR count). The summed E-state index contributed by atoms with van der Waals surface area (Å²) in [6, 6.07) is 2.08. The van der Waals surface area contributed by atoms with E-state index in [0.29, 0.717) is 13.0 Å². The number of carbonyl (C=O) groups excluding carboxylic acids is 1. The number of amides is 1. The minimum absolute atomic E-state index is 0.0103. The second kappa shape index (κ2) is 6.34. The number of carbonyl (C=O) groups is 1. The van der Waals surface area contributed by atoms with Crippen molar-refractivity contribution in [3.63, 3.8) is 0 Å². The molecule has 90 valence electrons. The molecule has 4 nitrogen and oxygen atoms in total. The summed E-state index contributed by atoms with van der Waals surface area (Å²) in [5, 5.41) is 2.08. The fourth-order valence-corrected chi connectivity index (χ4v) is 2.70. The summed E-state index contributed by atoms with van der Waals surface area (Å²) in [7, 11) is 1.95. The van der Waals surface area contributed by atoms with Gasteiger partial charge in [0.25, 0.3) is 0 Å². The van der Waals surface area contributed by atoms with Crippen LogP contribution in [0.1, 0.15) is 12.0 Å². The molecule has 6 heteroatoms. The van der Waals surface area contributed by atoms with Crippen LogP contribution >= 0.6 is 27.3 Å². The molecule has 16 heavy (non-hydrogen) atoms. The zero-order valence-electron chi connectivity index (χ0n) is 9.15. The van der Waals surface area contributed by atoms with Crippen LogP contribution < -0.4 is 11.5 Å². The van der Waals surface area contributed by atoms with E-state index in [2.05, 4.69) is 32.3 Å². The van der Waals surface area contributed by atoms with Crippen molar-refractivity contribution < 1.29 is 4.79 Å². The highest BCUT2D eigenvalue weighted by Gasteiger charge is 2.16. The average Bonchev–Trinajstić information content (AvgIpc) is 2.60. The number of hydrogen-bond acceptors (Lipinski definition) is 4. The van der Waals surface area contributed by atoms with E-state index in [1.54, 1.807) is 11.3 Å². The van der Waals surface area contributed by atoms with E-state index < -0.39 is 0 Å². The molecule has 0 aliphatic carbocycles. The molecule has 1 unspecified atom stereocenters. The monoisotopic (exact) mass is 305 g/mol. The molecule has 4 N–H and O–H groups in total. The van der Waals surface area contributed by atoms with Crippen LogP contribution in [0.5, 0.6) is 0 Å². The van der Waals surface area contributed by atoms with Gasteiger partial charge in [0.2, 0.25) is 5.91 Å². The molecule has 0 radical (unpaired) electrons. The Hall–Kier alpha value is -0.430. The third kappa shape index (κ3) is 4.21. The van der Waals surface area contributed by atoms with Crippen molar-refractivity contribution in [2.45, 2.75) is 19.0 Å². The van der Waals surface area contributed by atoms with Gasteiger partial charge in [-0.05, 0) is 40.0 Å². The Kier molecular flexibility index (Phi) is 5.40. The van der Waals surface area contributed by atoms with Crippen LogP contribution in [0.15, 0.2) is 15.2 Å². The Morgan fingerprint density at radius 1 is 1.69 bits per heavy atom. The fourth-order valence-electron chi connectivity index (χ4n) is 1.50. The zero-order chi connectivity index (χ0) is 12.1. The largest absolute Gasteiger partial charge is 0.370 e. The maximum Gasteiger partial charge on any atom is 0.219 e. The van der Waals surface area contributed by atoms with Gasteiger partial charge >= 0.3 is 0 Å². The molecule has 0 spiro atoms. The van der Waals surface area contributed by atoms with E-state index in [0.717, 1.165) is 10.3 Å². The highest BCUT2D eigenvalue weighted by Crippen LogP contribution is 2.22. The molecule has 1 aromatic rings. The first-order valence-corrected chi connectivity index (χ1v) is 6.61. The average molecular weight is 306 g/mol. The Balaban J connectivity index is 2.55. The lowest BCUT2D eigenvalue weighted by molar-refractivity contribution is -0.119. The van der Waals surface area contributed by atoms with E-state index in [9.17, 15) is 4.79 Å². The molecule has 0 aliphatic heterocycles. The number of primary amides is 1. The van der Waals surface area contributed by atoms with Gasteiger partial charge in [0.1, 0.15) is 0 Å². The van der Waals surface area contributed by atoms with E-state index in [4.69, 9.17) is 11.5 Å². The quantitative estimate of drug-likeness (QED) is 0.828. The molecule has 1 heterocycles. The predicted molar refractivity (Wildman–Crippen MR) is 70.1 cm³/mol. The van der Waals surface area contributed by atoms with E-state index in [-0.39, 0.29) is 11.9 Å². The number of nitrogens with two attached hydrogens (primary N) is 2. The Bertz CT molecular complexity index is 356. The van der Waals surface area contributed by atoms with Crippen LogP contribution in [0.3, 0.4) is 0 Å². The third-order valence-electron chi connectivity index (χ3n) is 2.39. The van der Waals surface area contributed by atoms with Crippen LogP contribution in [0, 0.1) is 0 Å². The van der Waals surface area contributed by atoms with Crippen LogP contribution in [0.2, 0.25) is 0 Å². The summed E-state index contributed by atoms with van der Waals surface area (Å²) >= 11 is 5.06. The number of halogens is 1. The van der Waals surface area contributed by atoms with Crippen LogP contribution in [-0.4, -0.2) is 30.4 Å². The third-order valence-corrected chi connectivity index (χ3v) is 3.94. The molecule has 0 aromatic carbocycles. The molecule has 1 amide bonds. The summed E-state index contributed by atoms with van der Waals surface area (Å²) in [4.78, 5) is 12.9. The van der Waals surface area contributed by atoms with Crippen molar-refractivity contribution >= 4 is 33.2 Å². The predicted octanol–water partition coefficient (Wildman–Crippen LogP) is 1.15. The first-order chi connectivity index (χ1) is 7.52. The molecular formula is C10H16BrN3OS. The van der Waals surface area contributed by atoms with Gasteiger partial charge in [-0.3, -0.25) is 9.69 Å². The Morgan fingerprint density at radius 2 is 2.38 bits per heavy atom. The zero-order valence-corrected chi connectivity index (χ0v) is 11.6. The fraction of sp³-hybridized carbons (Fsp3) is 0.500. The number of rotatable bonds is 6.